The van der Waals surface area contributed by atoms with Gasteiger partial charge in [-0.2, -0.15) is 0 Å². The van der Waals surface area contributed by atoms with Gasteiger partial charge < -0.3 is 4.98 Å². The first-order valence-electron chi connectivity index (χ1n) is 6.06. The van der Waals surface area contributed by atoms with Gasteiger partial charge in [0.25, 0.3) is 0 Å². The summed E-state index contributed by atoms with van der Waals surface area (Å²) < 4.78 is 0. The van der Waals surface area contributed by atoms with E-state index in [1.807, 2.05) is 6.20 Å². The Morgan fingerprint density at radius 3 is 2.60 bits per heavy atom. The first kappa shape index (κ1) is 12.3. The Labute approximate surface area is 93.5 Å². The van der Waals surface area contributed by atoms with E-state index < -0.39 is 0 Å². The molecule has 0 spiro atoms. The highest BCUT2D eigenvalue weighted by Gasteiger charge is 2.23. The van der Waals surface area contributed by atoms with Crippen LogP contribution in [0, 0.1) is 0 Å². The standard InChI is InChI=1S/C13H24N2/c1-6-8-13(4,5)12-14-9-11(15-12)10(3)7-2/h9-10H,6-8H2,1-5H3,(H,14,15). The number of H-pyrrole nitrogens is 1. The summed E-state index contributed by atoms with van der Waals surface area (Å²) in [6, 6.07) is 0. The molecule has 0 aliphatic heterocycles. The molecule has 1 heterocycles. The Bertz CT molecular complexity index is 299. The van der Waals surface area contributed by atoms with E-state index in [9.17, 15) is 0 Å². The predicted octanol–water partition coefficient (Wildman–Crippen LogP) is 4.00. The minimum absolute atomic E-state index is 0.181. The van der Waals surface area contributed by atoms with Crippen molar-refractivity contribution in [1.82, 2.24) is 9.97 Å². The zero-order valence-electron chi connectivity index (χ0n) is 10.7. The molecule has 0 aromatic carbocycles. The van der Waals surface area contributed by atoms with E-state index >= 15 is 0 Å². The maximum Gasteiger partial charge on any atom is 0.111 e. The zero-order valence-corrected chi connectivity index (χ0v) is 10.7. The largest absolute Gasteiger partial charge is 0.345 e. The topological polar surface area (TPSA) is 28.7 Å². The number of aromatic amines is 1. The van der Waals surface area contributed by atoms with Crippen molar-refractivity contribution in [2.24, 2.45) is 0 Å². The van der Waals surface area contributed by atoms with Gasteiger partial charge in [-0.3, -0.25) is 0 Å². The first-order valence-corrected chi connectivity index (χ1v) is 6.06. The van der Waals surface area contributed by atoms with Gasteiger partial charge in [-0.25, -0.2) is 4.98 Å². The first-order chi connectivity index (χ1) is 7.01. The quantitative estimate of drug-likeness (QED) is 0.778. The molecule has 0 bridgehead atoms. The van der Waals surface area contributed by atoms with Gasteiger partial charge in [0.1, 0.15) is 5.82 Å². The second kappa shape index (κ2) is 4.82. The Hall–Kier alpha value is -0.790. The summed E-state index contributed by atoms with van der Waals surface area (Å²) in [4.78, 5) is 8.00. The van der Waals surface area contributed by atoms with Crippen LogP contribution in [-0.2, 0) is 5.41 Å². The molecule has 1 rings (SSSR count). The van der Waals surface area contributed by atoms with Crippen LogP contribution in [0.2, 0.25) is 0 Å². The second-order valence-electron chi connectivity index (χ2n) is 5.13. The van der Waals surface area contributed by atoms with Crippen molar-refractivity contribution in [2.45, 2.75) is 65.2 Å². The van der Waals surface area contributed by atoms with E-state index in [0.717, 1.165) is 12.2 Å². The van der Waals surface area contributed by atoms with Gasteiger partial charge >= 0.3 is 0 Å². The van der Waals surface area contributed by atoms with Crippen LogP contribution in [0.15, 0.2) is 6.20 Å². The van der Waals surface area contributed by atoms with Crippen LogP contribution >= 0.6 is 0 Å². The Morgan fingerprint density at radius 2 is 2.07 bits per heavy atom. The van der Waals surface area contributed by atoms with Crippen molar-refractivity contribution >= 4 is 0 Å². The van der Waals surface area contributed by atoms with Gasteiger partial charge in [0.05, 0.1) is 0 Å². The molecule has 0 aliphatic carbocycles. The van der Waals surface area contributed by atoms with Crippen LogP contribution in [0.1, 0.15) is 71.3 Å². The summed E-state index contributed by atoms with van der Waals surface area (Å²) in [7, 11) is 0. The third-order valence-electron chi connectivity index (χ3n) is 3.25. The van der Waals surface area contributed by atoms with Crippen molar-refractivity contribution in [1.29, 1.82) is 0 Å². The van der Waals surface area contributed by atoms with Crippen LogP contribution < -0.4 is 0 Å². The summed E-state index contributed by atoms with van der Waals surface area (Å²) in [5.41, 5.74) is 1.46. The molecule has 1 aromatic rings. The van der Waals surface area contributed by atoms with Crippen LogP contribution in [0.5, 0.6) is 0 Å². The van der Waals surface area contributed by atoms with E-state index in [1.165, 1.54) is 18.5 Å². The molecule has 1 N–H and O–H groups in total. The lowest BCUT2D eigenvalue weighted by atomic mass is 9.87. The van der Waals surface area contributed by atoms with Gasteiger partial charge in [-0.1, -0.05) is 41.0 Å². The van der Waals surface area contributed by atoms with Crippen molar-refractivity contribution < 1.29 is 0 Å². The van der Waals surface area contributed by atoms with Crippen molar-refractivity contribution in [2.75, 3.05) is 0 Å². The molecule has 2 heteroatoms. The molecule has 1 unspecified atom stereocenters. The van der Waals surface area contributed by atoms with Crippen molar-refractivity contribution in [3.8, 4) is 0 Å². The third-order valence-corrected chi connectivity index (χ3v) is 3.25. The molecular weight excluding hydrogens is 184 g/mol. The second-order valence-corrected chi connectivity index (χ2v) is 5.13. The molecule has 15 heavy (non-hydrogen) atoms. The smallest absolute Gasteiger partial charge is 0.111 e. The maximum absolute atomic E-state index is 4.52. The maximum atomic E-state index is 4.52. The fourth-order valence-corrected chi connectivity index (χ4v) is 1.89. The summed E-state index contributed by atoms with van der Waals surface area (Å²) >= 11 is 0. The highest BCUT2D eigenvalue weighted by atomic mass is 14.9. The zero-order chi connectivity index (χ0) is 11.5. The van der Waals surface area contributed by atoms with E-state index in [0.29, 0.717) is 5.92 Å². The molecule has 0 aliphatic rings. The molecule has 2 nitrogen and oxygen atoms in total. The fraction of sp³-hybridized carbons (Fsp3) is 0.769. The molecule has 1 aromatic heterocycles. The normalized spacial score (nSPS) is 14.2. The lowest BCUT2D eigenvalue weighted by molar-refractivity contribution is 0.447. The molecule has 86 valence electrons. The fourth-order valence-electron chi connectivity index (χ4n) is 1.89. The molecule has 0 saturated heterocycles. The number of aromatic nitrogens is 2. The summed E-state index contributed by atoms with van der Waals surface area (Å²) in [6.07, 6.45) is 5.55. The van der Waals surface area contributed by atoms with Crippen molar-refractivity contribution in [3.05, 3.63) is 17.7 Å². The highest BCUT2D eigenvalue weighted by molar-refractivity contribution is 5.12. The third kappa shape index (κ3) is 2.83. The van der Waals surface area contributed by atoms with Gasteiger partial charge in [-0.05, 0) is 18.8 Å². The van der Waals surface area contributed by atoms with E-state index in [2.05, 4.69) is 44.6 Å². The van der Waals surface area contributed by atoms with Crippen LogP contribution in [-0.4, -0.2) is 9.97 Å². The summed E-state index contributed by atoms with van der Waals surface area (Å²) in [5, 5.41) is 0. The monoisotopic (exact) mass is 208 g/mol. The van der Waals surface area contributed by atoms with E-state index in [-0.39, 0.29) is 5.41 Å². The van der Waals surface area contributed by atoms with Crippen molar-refractivity contribution in [3.63, 3.8) is 0 Å². The molecule has 0 amide bonds. The summed E-state index contributed by atoms with van der Waals surface area (Å²) in [5.74, 6) is 1.73. The molecule has 1 atom stereocenters. The minimum Gasteiger partial charge on any atom is -0.345 e. The number of hydrogen-bond acceptors (Lipinski definition) is 1. The van der Waals surface area contributed by atoms with Gasteiger partial charge in [0.2, 0.25) is 0 Å². The average Bonchev–Trinajstić information content (AvgIpc) is 2.66. The van der Waals surface area contributed by atoms with Gasteiger partial charge in [-0.15, -0.1) is 0 Å². The number of nitrogens with zero attached hydrogens (tertiary/aromatic N) is 1. The average molecular weight is 208 g/mol. The predicted molar refractivity (Wildman–Crippen MR) is 65.2 cm³/mol. The Balaban J connectivity index is 2.83. The number of hydrogen-bond donors (Lipinski definition) is 1. The van der Waals surface area contributed by atoms with E-state index in [1.54, 1.807) is 0 Å². The Morgan fingerprint density at radius 1 is 1.40 bits per heavy atom. The summed E-state index contributed by atoms with van der Waals surface area (Å²) in [6.45, 7) is 11.2. The number of nitrogens with one attached hydrogen (secondary N) is 1. The van der Waals surface area contributed by atoms with Gasteiger partial charge in [0, 0.05) is 17.3 Å². The number of rotatable bonds is 5. The lowest BCUT2D eigenvalue weighted by Gasteiger charge is -2.21. The van der Waals surface area contributed by atoms with E-state index in [4.69, 9.17) is 0 Å². The highest BCUT2D eigenvalue weighted by Crippen LogP contribution is 2.27. The van der Waals surface area contributed by atoms with Crippen LogP contribution in [0.3, 0.4) is 0 Å². The molecule has 0 fully saturated rings. The Kier molecular flexibility index (Phi) is 3.95. The SMILES string of the molecule is CCCC(C)(C)c1ncc(C(C)CC)[nH]1. The lowest BCUT2D eigenvalue weighted by Crippen LogP contribution is -2.18. The van der Waals surface area contributed by atoms with Gasteiger partial charge in [0.15, 0.2) is 0 Å². The number of imidazole rings is 1. The molecule has 0 radical (unpaired) electrons. The minimum atomic E-state index is 0.181. The molecule has 0 saturated carbocycles. The molecular formula is C13H24N2. The van der Waals surface area contributed by atoms with Crippen LogP contribution in [0.4, 0.5) is 0 Å². The van der Waals surface area contributed by atoms with Crippen LogP contribution in [0.25, 0.3) is 0 Å².